The highest BCUT2D eigenvalue weighted by Crippen LogP contribution is 2.24. The third kappa shape index (κ3) is 4.08. The molecule has 0 bridgehead atoms. The van der Waals surface area contributed by atoms with E-state index in [1.165, 1.54) is 5.56 Å². The number of thioether (sulfide) groups is 1. The summed E-state index contributed by atoms with van der Waals surface area (Å²) in [5.41, 5.74) is 1.24. The fourth-order valence-corrected chi connectivity index (χ4v) is 3.03. The van der Waals surface area contributed by atoms with E-state index < -0.39 is 0 Å². The molecule has 2 aromatic rings. The van der Waals surface area contributed by atoms with Gasteiger partial charge in [-0.2, -0.15) is 16.9 Å². The van der Waals surface area contributed by atoms with Crippen LogP contribution in [0.3, 0.4) is 0 Å². The highest BCUT2D eigenvalue weighted by molar-refractivity contribution is 7.99. The van der Waals surface area contributed by atoms with Gasteiger partial charge in [0.05, 0.1) is 6.04 Å². The molecule has 0 saturated heterocycles. The molecule has 1 heterocycles. The Morgan fingerprint density at radius 1 is 1.25 bits per heavy atom. The Morgan fingerprint density at radius 2 is 2.00 bits per heavy atom. The molecule has 0 saturated carbocycles. The van der Waals surface area contributed by atoms with Crippen LogP contribution in [0.25, 0.3) is 0 Å². The number of hydrogen-bond donors (Lipinski definition) is 1. The predicted octanol–water partition coefficient (Wildman–Crippen LogP) is 2.97. The highest BCUT2D eigenvalue weighted by Gasteiger charge is 2.21. The molecule has 0 aliphatic heterocycles. The number of rotatable bonds is 7. The normalized spacial score (nSPS) is 13.1. The van der Waals surface area contributed by atoms with Crippen molar-refractivity contribution in [2.45, 2.75) is 25.1 Å². The lowest BCUT2D eigenvalue weighted by Crippen LogP contribution is -2.29. The van der Waals surface area contributed by atoms with Gasteiger partial charge < -0.3 is 0 Å². The first-order chi connectivity index (χ1) is 9.68. The van der Waals surface area contributed by atoms with Gasteiger partial charge in [0.1, 0.15) is 12.2 Å². The predicted molar refractivity (Wildman–Crippen MR) is 84.9 cm³/mol. The summed E-state index contributed by atoms with van der Waals surface area (Å²) in [6, 6.07) is 10.6. The lowest BCUT2D eigenvalue weighted by molar-refractivity contribution is 0.287. The summed E-state index contributed by atoms with van der Waals surface area (Å²) >= 11 is 1.98. The van der Waals surface area contributed by atoms with Crippen LogP contribution in [-0.2, 0) is 0 Å². The van der Waals surface area contributed by atoms with E-state index in [1.54, 1.807) is 6.33 Å². The molecule has 0 aliphatic carbocycles. The SMILES string of the molecule is CC(C)SCCN(C)[C@@H](c1ccccc1)c1ncn[nH]1. The molecular formula is C15H22N4S. The molecule has 1 aromatic carbocycles. The third-order valence-corrected chi connectivity index (χ3v) is 4.23. The lowest BCUT2D eigenvalue weighted by Gasteiger charge is -2.26. The highest BCUT2D eigenvalue weighted by atomic mass is 32.2. The molecule has 0 amide bonds. The van der Waals surface area contributed by atoms with Crippen LogP contribution in [0.1, 0.15) is 31.3 Å². The maximum Gasteiger partial charge on any atom is 0.146 e. The molecule has 4 nitrogen and oxygen atoms in total. The molecule has 5 heteroatoms. The summed E-state index contributed by atoms with van der Waals surface area (Å²) in [5.74, 6) is 2.01. The molecule has 1 N–H and O–H groups in total. The van der Waals surface area contributed by atoms with Gasteiger partial charge in [0.15, 0.2) is 0 Å². The zero-order chi connectivity index (χ0) is 14.4. The second-order valence-corrected chi connectivity index (χ2v) is 6.77. The Labute approximate surface area is 125 Å². The third-order valence-electron chi connectivity index (χ3n) is 3.14. The molecule has 0 fully saturated rings. The molecule has 1 aromatic heterocycles. The van der Waals surface area contributed by atoms with Crippen molar-refractivity contribution in [2.75, 3.05) is 19.3 Å². The lowest BCUT2D eigenvalue weighted by atomic mass is 10.1. The maximum atomic E-state index is 4.34. The monoisotopic (exact) mass is 290 g/mol. The molecule has 0 radical (unpaired) electrons. The second-order valence-electron chi connectivity index (χ2n) is 5.08. The fraction of sp³-hybridized carbons (Fsp3) is 0.467. The van der Waals surface area contributed by atoms with Gasteiger partial charge in [-0.3, -0.25) is 10.00 Å². The summed E-state index contributed by atoms with van der Waals surface area (Å²) in [6.45, 7) is 5.48. The van der Waals surface area contributed by atoms with Crippen LogP contribution in [0, 0.1) is 0 Å². The van der Waals surface area contributed by atoms with E-state index in [0.29, 0.717) is 5.25 Å². The summed E-state index contributed by atoms with van der Waals surface area (Å²) in [4.78, 5) is 6.67. The summed E-state index contributed by atoms with van der Waals surface area (Å²) in [5, 5.41) is 7.67. The minimum atomic E-state index is 0.131. The molecule has 2 rings (SSSR count). The van der Waals surface area contributed by atoms with Crippen LogP contribution in [0.2, 0.25) is 0 Å². The van der Waals surface area contributed by atoms with Gasteiger partial charge >= 0.3 is 0 Å². The number of hydrogen-bond acceptors (Lipinski definition) is 4. The first kappa shape index (κ1) is 15.1. The number of aromatic amines is 1. The van der Waals surface area contributed by atoms with Crippen molar-refractivity contribution in [3.8, 4) is 0 Å². The summed E-state index contributed by atoms with van der Waals surface area (Å²) in [6.07, 6.45) is 1.57. The van der Waals surface area contributed by atoms with Crippen LogP contribution < -0.4 is 0 Å². The van der Waals surface area contributed by atoms with Crippen LogP contribution in [0.15, 0.2) is 36.7 Å². The van der Waals surface area contributed by atoms with E-state index in [9.17, 15) is 0 Å². The van der Waals surface area contributed by atoms with Crippen molar-refractivity contribution < 1.29 is 0 Å². The molecule has 0 unspecified atom stereocenters. The van der Waals surface area contributed by atoms with Crippen molar-refractivity contribution in [1.29, 1.82) is 0 Å². The Morgan fingerprint density at radius 3 is 2.60 bits per heavy atom. The first-order valence-electron chi connectivity index (χ1n) is 6.90. The minimum absolute atomic E-state index is 0.131. The van der Waals surface area contributed by atoms with E-state index in [4.69, 9.17) is 0 Å². The Hall–Kier alpha value is -1.33. The van der Waals surface area contributed by atoms with Crippen LogP contribution in [0.5, 0.6) is 0 Å². The van der Waals surface area contributed by atoms with Crippen molar-refractivity contribution in [2.24, 2.45) is 0 Å². The van der Waals surface area contributed by atoms with E-state index in [2.05, 4.69) is 65.2 Å². The molecule has 108 valence electrons. The molecule has 0 aliphatic rings. The standard InChI is InChI=1S/C15H22N4S/c1-12(2)20-10-9-19(3)14(15-16-11-17-18-15)13-7-5-4-6-8-13/h4-8,11-12,14H,9-10H2,1-3H3,(H,16,17,18)/t14-/m0/s1. The Balaban J connectivity index is 2.11. The smallest absolute Gasteiger partial charge is 0.146 e. The van der Waals surface area contributed by atoms with Gasteiger partial charge in [-0.1, -0.05) is 44.2 Å². The van der Waals surface area contributed by atoms with Gasteiger partial charge in [-0.25, -0.2) is 4.98 Å². The van der Waals surface area contributed by atoms with E-state index in [0.717, 1.165) is 18.1 Å². The van der Waals surface area contributed by atoms with Crippen LogP contribution >= 0.6 is 11.8 Å². The van der Waals surface area contributed by atoms with Crippen molar-refractivity contribution >= 4 is 11.8 Å². The number of aromatic nitrogens is 3. The van der Waals surface area contributed by atoms with E-state index in [-0.39, 0.29) is 6.04 Å². The van der Waals surface area contributed by atoms with Crippen LogP contribution in [-0.4, -0.2) is 44.7 Å². The number of H-pyrrole nitrogens is 1. The first-order valence-corrected chi connectivity index (χ1v) is 7.95. The topological polar surface area (TPSA) is 44.8 Å². The average Bonchev–Trinajstić information content (AvgIpc) is 2.93. The number of benzene rings is 1. The molecule has 20 heavy (non-hydrogen) atoms. The van der Waals surface area contributed by atoms with Crippen molar-refractivity contribution in [3.05, 3.63) is 48.0 Å². The van der Waals surface area contributed by atoms with E-state index >= 15 is 0 Å². The second kappa shape index (κ2) is 7.45. The Bertz CT molecular complexity index is 484. The Kier molecular flexibility index (Phi) is 5.61. The van der Waals surface area contributed by atoms with Gasteiger partial charge in [0.25, 0.3) is 0 Å². The molecular weight excluding hydrogens is 268 g/mol. The molecule has 0 spiro atoms. The number of nitrogens with zero attached hydrogens (tertiary/aromatic N) is 3. The molecule has 1 atom stereocenters. The quantitative estimate of drug-likeness (QED) is 0.851. The van der Waals surface area contributed by atoms with Gasteiger partial charge in [0, 0.05) is 12.3 Å². The van der Waals surface area contributed by atoms with E-state index in [1.807, 2.05) is 17.8 Å². The van der Waals surface area contributed by atoms with Gasteiger partial charge in [0.2, 0.25) is 0 Å². The summed E-state index contributed by atoms with van der Waals surface area (Å²) in [7, 11) is 2.14. The van der Waals surface area contributed by atoms with Gasteiger partial charge in [-0.05, 0) is 17.9 Å². The zero-order valence-electron chi connectivity index (χ0n) is 12.3. The van der Waals surface area contributed by atoms with Crippen LogP contribution in [0.4, 0.5) is 0 Å². The summed E-state index contributed by atoms with van der Waals surface area (Å²) < 4.78 is 0. The minimum Gasteiger partial charge on any atom is -0.292 e. The zero-order valence-corrected chi connectivity index (χ0v) is 13.1. The average molecular weight is 290 g/mol. The van der Waals surface area contributed by atoms with Gasteiger partial charge in [-0.15, -0.1) is 0 Å². The fourth-order valence-electron chi connectivity index (χ4n) is 2.16. The number of nitrogens with one attached hydrogen (secondary N) is 1. The largest absolute Gasteiger partial charge is 0.292 e. The maximum absolute atomic E-state index is 4.34. The van der Waals surface area contributed by atoms with Crippen molar-refractivity contribution in [1.82, 2.24) is 20.1 Å². The van der Waals surface area contributed by atoms with Crippen molar-refractivity contribution in [3.63, 3.8) is 0 Å².